The maximum Gasteiger partial charge on any atom is 0.119 e. The van der Waals surface area contributed by atoms with E-state index in [1.165, 1.54) is 22.2 Å². The molecular weight excluding hydrogens is 356 g/mol. The van der Waals surface area contributed by atoms with Crippen LogP contribution in [0.4, 0.5) is 0 Å². The smallest absolute Gasteiger partial charge is 0.119 e. The second kappa shape index (κ2) is 8.95. The Kier molecular flexibility index (Phi) is 5.95. The second-order valence-electron chi connectivity index (χ2n) is 7.63. The molecule has 0 saturated heterocycles. The summed E-state index contributed by atoms with van der Waals surface area (Å²) in [5.41, 5.74) is 6.16. The Balaban J connectivity index is 1.40. The molecule has 0 aliphatic carbocycles. The number of fused-ring (bicyclic) bond motifs is 1. The van der Waals surface area contributed by atoms with E-state index in [0.29, 0.717) is 0 Å². The molecule has 3 aromatic carbocycles. The molecule has 1 heterocycles. The molecule has 4 aromatic rings. The zero-order valence-electron chi connectivity index (χ0n) is 17.3. The van der Waals surface area contributed by atoms with Gasteiger partial charge in [0.25, 0.3) is 0 Å². The van der Waals surface area contributed by atoms with E-state index >= 15 is 0 Å². The molecule has 1 aromatic heterocycles. The zero-order valence-corrected chi connectivity index (χ0v) is 17.3. The fourth-order valence-electron chi connectivity index (χ4n) is 3.65. The van der Waals surface area contributed by atoms with Crippen LogP contribution in [0.25, 0.3) is 11.0 Å². The van der Waals surface area contributed by atoms with Crippen LogP contribution in [-0.4, -0.2) is 16.2 Å². The summed E-state index contributed by atoms with van der Waals surface area (Å²) in [7, 11) is 0. The number of ether oxygens (including phenoxy) is 1. The summed E-state index contributed by atoms with van der Waals surface area (Å²) in [6.45, 7) is 5.95. The molecule has 0 saturated carbocycles. The van der Waals surface area contributed by atoms with Gasteiger partial charge >= 0.3 is 0 Å². The third-order valence-electron chi connectivity index (χ3n) is 5.46. The molecule has 4 rings (SSSR count). The fraction of sp³-hybridized carbons (Fsp3) is 0.269. The van der Waals surface area contributed by atoms with E-state index in [-0.39, 0.29) is 0 Å². The number of hydrogen-bond acceptors (Lipinski definition) is 2. The summed E-state index contributed by atoms with van der Waals surface area (Å²) < 4.78 is 8.32. The van der Waals surface area contributed by atoms with E-state index in [1.807, 2.05) is 0 Å². The lowest BCUT2D eigenvalue weighted by Gasteiger charge is -2.11. The Morgan fingerprint density at radius 1 is 0.828 bits per heavy atom. The van der Waals surface area contributed by atoms with Crippen molar-refractivity contribution in [2.45, 2.75) is 39.7 Å². The quantitative estimate of drug-likeness (QED) is 0.343. The maximum absolute atomic E-state index is 5.95. The van der Waals surface area contributed by atoms with E-state index in [0.717, 1.165) is 49.5 Å². The molecule has 0 N–H and O–H groups in total. The molecule has 148 valence electrons. The summed E-state index contributed by atoms with van der Waals surface area (Å²) >= 11 is 0. The maximum atomic E-state index is 5.95. The highest BCUT2D eigenvalue weighted by molar-refractivity contribution is 5.76. The average molecular weight is 385 g/mol. The molecule has 0 fully saturated rings. The number of unbranched alkanes of at least 4 members (excludes halogenated alkanes) is 1. The van der Waals surface area contributed by atoms with Crippen LogP contribution >= 0.6 is 0 Å². The highest BCUT2D eigenvalue weighted by atomic mass is 16.5. The third kappa shape index (κ3) is 4.68. The predicted octanol–water partition coefficient (Wildman–Crippen LogP) is 6.10. The number of rotatable bonds is 8. The van der Waals surface area contributed by atoms with E-state index < -0.39 is 0 Å². The van der Waals surface area contributed by atoms with Crippen molar-refractivity contribution < 1.29 is 4.74 Å². The monoisotopic (exact) mass is 384 g/mol. The molecule has 0 unspecified atom stereocenters. The molecule has 3 nitrogen and oxygen atoms in total. The Hall–Kier alpha value is -3.07. The lowest BCUT2D eigenvalue weighted by molar-refractivity contribution is 0.303. The standard InChI is InChI=1S/C26H28N2O/c1-20-14-15-23(18-21(20)2)29-17-9-8-16-28-25-13-7-6-12-24(25)27-26(28)19-22-10-4-3-5-11-22/h3-7,10-15,18H,8-9,16-17,19H2,1-2H3. The summed E-state index contributed by atoms with van der Waals surface area (Å²) in [5.74, 6) is 2.10. The van der Waals surface area contributed by atoms with E-state index in [1.54, 1.807) is 0 Å². The van der Waals surface area contributed by atoms with E-state index in [4.69, 9.17) is 9.72 Å². The molecule has 0 spiro atoms. The normalized spacial score (nSPS) is 11.1. The number of aryl methyl sites for hydroxylation is 3. The van der Waals surface area contributed by atoms with Crippen LogP contribution < -0.4 is 4.74 Å². The van der Waals surface area contributed by atoms with Gasteiger partial charge in [-0.2, -0.15) is 0 Å². The average Bonchev–Trinajstić information content (AvgIpc) is 3.08. The van der Waals surface area contributed by atoms with Gasteiger partial charge < -0.3 is 9.30 Å². The van der Waals surface area contributed by atoms with Gasteiger partial charge in [-0.15, -0.1) is 0 Å². The largest absolute Gasteiger partial charge is 0.494 e. The van der Waals surface area contributed by atoms with E-state index in [2.05, 4.69) is 91.2 Å². The number of benzene rings is 3. The number of nitrogens with zero attached hydrogens (tertiary/aromatic N) is 2. The minimum Gasteiger partial charge on any atom is -0.494 e. The lowest BCUT2D eigenvalue weighted by Crippen LogP contribution is -2.07. The van der Waals surface area contributed by atoms with Crippen LogP contribution in [0.3, 0.4) is 0 Å². The van der Waals surface area contributed by atoms with Crippen molar-refractivity contribution in [1.29, 1.82) is 0 Å². The van der Waals surface area contributed by atoms with Crippen LogP contribution in [0.15, 0.2) is 72.8 Å². The van der Waals surface area contributed by atoms with Gasteiger partial charge in [0.05, 0.1) is 17.6 Å². The Labute approximate surface area is 173 Å². The topological polar surface area (TPSA) is 27.1 Å². The second-order valence-corrected chi connectivity index (χ2v) is 7.63. The molecule has 3 heteroatoms. The first-order valence-electron chi connectivity index (χ1n) is 10.4. The van der Waals surface area contributed by atoms with Crippen molar-refractivity contribution in [1.82, 2.24) is 9.55 Å². The summed E-state index contributed by atoms with van der Waals surface area (Å²) in [6.07, 6.45) is 2.94. The van der Waals surface area contributed by atoms with Gasteiger partial charge in [0.1, 0.15) is 11.6 Å². The highest BCUT2D eigenvalue weighted by Crippen LogP contribution is 2.20. The Morgan fingerprint density at radius 2 is 1.62 bits per heavy atom. The van der Waals surface area contributed by atoms with Gasteiger partial charge in [0.15, 0.2) is 0 Å². The van der Waals surface area contributed by atoms with Gasteiger partial charge in [0.2, 0.25) is 0 Å². The molecule has 0 aliphatic heterocycles. The van der Waals surface area contributed by atoms with Crippen LogP contribution in [0.1, 0.15) is 35.4 Å². The van der Waals surface area contributed by atoms with Crippen LogP contribution in [0.2, 0.25) is 0 Å². The third-order valence-corrected chi connectivity index (χ3v) is 5.46. The number of hydrogen-bond donors (Lipinski definition) is 0. The van der Waals surface area contributed by atoms with Crippen LogP contribution in [0.5, 0.6) is 5.75 Å². The van der Waals surface area contributed by atoms with Crippen LogP contribution in [0, 0.1) is 13.8 Å². The SMILES string of the molecule is Cc1ccc(OCCCCn2c(Cc3ccccc3)nc3ccccc32)cc1C. The van der Waals surface area contributed by atoms with Gasteiger partial charge in [-0.3, -0.25) is 0 Å². The molecule has 0 amide bonds. The summed E-state index contributed by atoms with van der Waals surface area (Å²) in [4.78, 5) is 4.90. The Morgan fingerprint density at radius 3 is 2.45 bits per heavy atom. The molecule has 0 atom stereocenters. The lowest BCUT2D eigenvalue weighted by atomic mass is 10.1. The van der Waals surface area contributed by atoms with Gasteiger partial charge in [-0.05, 0) is 67.6 Å². The van der Waals surface area contributed by atoms with Crippen molar-refractivity contribution >= 4 is 11.0 Å². The first-order valence-corrected chi connectivity index (χ1v) is 10.4. The van der Waals surface area contributed by atoms with E-state index in [9.17, 15) is 0 Å². The van der Waals surface area contributed by atoms with Crippen molar-refractivity contribution in [3.8, 4) is 5.75 Å². The van der Waals surface area contributed by atoms with Crippen molar-refractivity contribution in [2.75, 3.05) is 6.61 Å². The van der Waals surface area contributed by atoms with Gasteiger partial charge in [-0.25, -0.2) is 4.98 Å². The van der Waals surface area contributed by atoms with Crippen molar-refractivity contribution in [2.24, 2.45) is 0 Å². The minimum atomic E-state index is 0.739. The van der Waals surface area contributed by atoms with Crippen molar-refractivity contribution in [3.05, 3.63) is 95.3 Å². The number of imidazole rings is 1. The molecule has 0 radical (unpaired) electrons. The molecule has 0 bridgehead atoms. The number of para-hydroxylation sites is 2. The Bertz CT molecular complexity index is 1080. The van der Waals surface area contributed by atoms with Crippen molar-refractivity contribution in [3.63, 3.8) is 0 Å². The first-order chi connectivity index (χ1) is 14.2. The first kappa shape index (κ1) is 19.3. The molecular formula is C26H28N2O. The minimum absolute atomic E-state index is 0.739. The molecule has 29 heavy (non-hydrogen) atoms. The zero-order chi connectivity index (χ0) is 20.1. The van der Waals surface area contributed by atoms with Crippen LogP contribution in [-0.2, 0) is 13.0 Å². The summed E-state index contributed by atoms with van der Waals surface area (Å²) in [5, 5.41) is 0. The predicted molar refractivity (Wildman–Crippen MR) is 120 cm³/mol. The highest BCUT2D eigenvalue weighted by Gasteiger charge is 2.10. The number of aromatic nitrogens is 2. The van der Waals surface area contributed by atoms with Gasteiger partial charge in [-0.1, -0.05) is 48.5 Å². The fourth-order valence-corrected chi connectivity index (χ4v) is 3.65. The summed E-state index contributed by atoms with van der Waals surface area (Å²) in [6, 6.07) is 25.3. The molecule has 0 aliphatic rings. The van der Waals surface area contributed by atoms with Gasteiger partial charge in [0, 0.05) is 13.0 Å².